The Labute approximate surface area is 205 Å². The molecule has 3 heterocycles. The number of aromatic nitrogens is 2. The van der Waals surface area contributed by atoms with Crippen molar-refractivity contribution in [1.29, 1.82) is 5.26 Å². The number of carbonyl (C=O) groups excluding carboxylic acids is 2. The summed E-state index contributed by atoms with van der Waals surface area (Å²) in [6.07, 6.45) is 0.587. The normalized spacial score (nSPS) is 20.2. The molecule has 0 spiro atoms. The third-order valence-electron chi connectivity index (χ3n) is 7.01. The van der Waals surface area contributed by atoms with Gasteiger partial charge in [-0.2, -0.15) is 18.4 Å². The average Bonchev–Trinajstić information content (AvgIpc) is 3.75. The maximum absolute atomic E-state index is 12.9. The molecule has 3 aliphatic rings. The first-order valence-electron chi connectivity index (χ1n) is 12.0. The fourth-order valence-corrected chi connectivity index (χ4v) is 4.93. The minimum atomic E-state index is -4.55. The van der Waals surface area contributed by atoms with E-state index in [4.69, 9.17) is 10.7 Å². The van der Waals surface area contributed by atoms with Crippen LogP contribution in [0.15, 0.2) is 24.5 Å². The highest BCUT2D eigenvalue weighted by Gasteiger charge is 2.44. The van der Waals surface area contributed by atoms with E-state index in [9.17, 15) is 28.0 Å². The molecule has 36 heavy (non-hydrogen) atoms. The summed E-state index contributed by atoms with van der Waals surface area (Å²) in [4.78, 5) is 36.4. The number of halogens is 3. The quantitative estimate of drug-likeness (QED) is 0.653. The fourth-order valence-electron chi connectivity index (χ4n) is 4.93. The molecule has 2 aliphatic carbocycles. The van der Waals surface area contributed by atoms with Crippen molar-refractivity contribution in [3.63, 3.8) is 0 Å². The molecule has 3 fully saturated rings. The lowest BCUT2D eigenvalue weighted by molar-refractivity contribution is -0.163. The predicted molar refractivity (Wildman–Crippen MR) is 124 cm³/mol. The molecule has 2 N–H and O–H groups in total. The Morgan fingerprint density at radius 1 is 1.14 bits per heavy atom. The first kappa shape index (κ1) is 24.0. The standard InChI is InChI=1S/C25H25F3N6O2/c26-25(27,28)9-21(35)34-6-5-33(13-20(34)14-1-2-14)24-16(10-29)8-19(22(32-24)15-3-4-15)17-7-18(23(30)36)12-31-11-17/h7-8,11-12,14-15,20H,1-6,9,13H2,(H2,30,36). The molecular formula is C25H25F3N6O2. The molecule has 2 saturated carbocycles. The lowest BCUT2D eigenvalue weighted by atomic mass is 9.98. The van der Waals surface area contributed by atoms with E-state index in [-0.39, 0.29) is 36.5 Å². The number of primary amides is 1. The molecule has 0 aromatic carbocycles. The van der Waals surface area contributed by atoms with Crippen molar-refractivity contribution < 1.29 is 22.8 Å². The number of amides is 2. The molecule has 0 bridgehead atoms. The van der Waals surface area contributed by atoms with Crippen LogP contribution >= 0.6 is 0 Å². The number of pyridine rings is 2. The topological polar surface area (TPSA) is 116 Å². The van der Waals surface area contributed by atoms with Gasteiger partial charge < -0.3 is 15.5 Å². The Kier molecular flexibility index (Phi) is 6.06. The number of nitrogens with zero attached hydrogens (tertiary/aromatic N) is 5. The fraction of sp³-hybridized carbons (Fsp3) is 0.480. The van der Waals surface area contributed by atoms with Crippen LogP contribution in [-0.4, -0.2) is 58.5 Å². The van der Waals surface area contributed by atoms with Gasteiger partial charge in [0.2, 0.25) is 11.8 Å². The number of alkyl halides is 3. The molecule has 1 aliphatic heterocycles. The van der Waals surface area contributed by atoms with Crippen molar-refractivity contribution in [2.45, 2.75) is 50.2 Å². The van der Waals surface area contributed by atoms with Crippen LogP contribution in [0, 0.1) is 17.2 Å². The van der Waals surface area contributed by atoms with Gasteiger partial charge in [0.25, 0.3) is 0 Å². The number of nitriles is 1. The van der Waals surface area contributed by atoms with E-state index in [1.165, 1.54) is 11.1 Å². The molecule has 2 amide bonds. The van der Waals surface area contributed by atoms with Gasteiger partial charge in [-0.1, -0.05) is 0 Å². The highest BCUT2D eigenvalue weighted by molar-refractivity contribution is 5.93. The Balaban J connectivity index is 1.47. The second-order valence-electron chi connectivity index (χ2n) is 9.73. The van der Waals surface area contributed by atoms with Crippen molar-refractivity contribution in [2.24, 2.45) is 11.7 Å². The van der Waals surface area contributed by atoms with Crippen LogP contribution in [-0.2, 0) is 4.79 Å². The van der Waals surface area contributed by atoms with Gasteiger partial charge in [-0.25, -0.2) is 4.98 Å². The zero-order chi connectivity index (χ0) is 25.6. The molecule has 2 aromatic heterocycles. The number of rotatable bonds is 6. The van der Waals surface area contributed by atoms with Crippen molar-refractivity contribution in [3.05, 3.63) is 41.3 Å². The highest BCUT2D eigenvalue weighted by atomic mass is 19.4. The third-order valence-corrected chi connectivity index (χ3v) is 7.01. The lowest BCUT2D eigenvalue weighted by Crippen LogP contribution is -2.57. The van der Waals surface area contributed by atoms with Gasteiger partial charge in [-0.3, -0.25) is 14.6 Å². The van der Waals surface area contributed by atoms with Gasteiger partial charge in [0, 0.05) is 49.1 Å². The summed E-state index contributed by atoms with van der Waals surface area (Å²) < 4.78 is 38.7. The molecule has 11 heteroatoms. The largest absolute Gasteiger partial charge is 0.397 e. The maximum Gasteiger partial charge on any atom is 0.397 e. The zero-order valence-corrected chi connectivity index (χ0v) is 19.5. The van der Waals surface area contributed by atoms with E-state index in [0.717, 1.165) is 31.4 Å². The smallest absolute Gasteiger partial charge is 0.366 e. The van der Waals surface area contributed by atoms with Gasteiger partial charge in [0.1, 0.15) is 18.3 Å². The Bertz CT molecular complexity index is 1250. The predicted octanol–water partition coefficient (Wildman–Crippen LogP) is 3.37. The zero-order valence-electron chi connectivity index (χ0n) is 19.5. The van der Waals surface area contributed by atoms with Gasteiger partial charge in [-0.15, -0.1) is 0 Å². The first-order chi connectivity index (χ1) is 17.1. The summed E-state index contributed by atoms with van der Waals surface area (Å²) in [6.45, 7) is 0.766. The van der Waals surface area contributed by atoms with Crippen LogP contribution in [0.25, 0.3) is 11.1 Å². The van der Waals surface area contributed by atoms with Crippen LogP contribution in [0.5, 0.6) is 0 Å². The highest BCUT2D eigenvalue weighted by Crippen LogP contribution is 2.45. The number of hydrogen-bond acceptors (Lipinski definition) is 6. The van der Waals surface area contributed by atoms with E-state index < -0.39 is 24.4 Å². The molecule has 2 aromatic rings. The second-order valence-corrected chi connectivity index (χ2v) is 9.73. The number of piperazine rings is 1. The number of hydrogen-bond donors (Lipinski definition) is 1. The summed E-state index contributed by atoms with van der Waals surface area (Å²) in [7, 11) is 0. The molecule has 8 nitrogen and oxygen atoms in total. The number of nitrogens with two attached hydrogens (primary N) is 1. The summed E-state index contributed by atoms with van der Waals surface area (Å²) in [5.74, 6) is -0.663. The molecule has 5 rings (SSSR count). The molecular weight excluding hydrogens is 473 g/mol. The van der Waals surface area contributed by atoms with Crippen LogP contribution in [0.3, 0.4) is 0 Å². The Morgan fingerprint density at radius 3 is 2.50 bits per heavy atom. The first-order valence-corrected chi connectivity index (χ1v) is 12.0. The van der Waals surface area contributed by atoms with Crippen molar-refractivity contribution in [1.82, 2.24) is 14.9 Å². The van der Waals surface area contributed by atoms with Gasteiger partial charge in [0.15, 0.2) is 0 Å². The lowest BCUT2D eigenvalue weighted by Gasteiger charge is -2.42. The summed E-state index contributed by atoms with van der Waals surface area (Å²) in [6, 6.07) is 5.23. The van der Waals surface area contributed by atoms with E-state index in [1.807, 2.05) is 4.90 Å². The molecule has 188 valence electrons. The number of anilines is 1. The second kappa shape index (κ2) is 9.08. The number of carbonyl (C=O) groups is 2. The molecule has 1 saturated heterocycles. The van der Waals surface area contributed by atoms with Gasteiger partial charge in [0.05, 0.1) is 22.9 Å². The van der Waals surface area contributed by atoms with Crippen molar-refractivity contribution >= 4 is 17.6 Å². The monoisotopic (exact) mass is 498 g/mol. The van der Waals surface area contributed by atoms with Crippen LogP contribution in [0.1, 0.15) is 59.6 Å². The van der Waals surface area contributed by atoms with Gasteiger partial charge in [-0.05, 0) is 43.7 Å². The molecule has 1 unspecified atom stereocenters. The molecule has 1 atom stereocenters. The Hall–Kier alpha value is -3.68. The van der Waals surface area contributed by atoms with Crippen molar-refractivity contribution in [3.8, 4) is 17.2 Å². The van der Waals surface area contributed by atoms with Crippen LogP contribution < -0.4 is 10.6 Å². The summed E-state index contributed by atoms with van der Waals surface area (Å²) in [5, 5.41) is 9.97. The minimum Gasteiger partial charge on any atom is -0.366 e. The molecule has 0 radical (unpaired) electrons. The van der Waals surface area contributed by atoms with E-state index >= 15 is 0 Å². The summed E-state index contributed by atoms with van der Waals surface area (Å²) >= 11 is 0. The SMILES string of the molecule is N#Cc1cc(-c2cncc(C(N)=O)c2)c(C2CC2)nc1N1CCN(C(=O)CC(F)(F)F)C(C2CC2)C1. The van der Waals surface area contributed by atoms with E-state index in [1.54, 1.807) is 18.3 Å². The van der Waals surface area contributed by atoms with Crippen LogP contribution in [0.4, 0.5) is 19.0 Å². The van der Waals surface area contributed by atoms with E-state index in [0.29, 0.717) is 29.1 Å². The van der Waals surface area contributed by atoms with Gasteiger partial charge >= 0.3 is 6.18 Å². The maximum atomic E-state index is 12.9. The van der Waals surface area contributed by atoms with E-state index in [2.05, 4.69) is 11.1 Å². The summed E-state index contributed by atoms with van der Waals surface area (Å²) in [5.41, 5.74) is 8.14. The Morgan fingerprint density at radius 2 is 1.89 bits per heavy atom. The third kappa shape index (κ3) is 4.98. The van der Waals surface area contributed by atoms with Crippen molar-refractivity contribution in [2.75, 3.05) is 24.5 Å². The average molecular weight is 499 g/mol. The van der Waals surface area contributed by atoms with Crippen LogP contribution in [0.2, 0.25) is 0 Å². The minimum absolute atomic E-state index is 0.147.